The average Bonchev–Trinajstić information content (AvgIpc) is 3.14. The number of ether oxygens (including phenoxy) is 7. The molecule has 3 rings (SSSR count). The van der Waals surface area contributed by atoms with Gasteiger partial charge in [-0.25, -0.2) is 4.79 Å². The first-order valence-electron chi connectivity index (χ1n) is 18.5. The highest BCUT2D eigenvalue weighted by atomic mass is 16.8. The summed E-state index contributed by atoms with van der Waals surface area (Å²) in [7, 11) is 0. The molecule has 3 saturated heterocycles. The molecule has 0 radical (unpaired) electrons. The fraction of sp³-hybridized carbons (Fsp3) is 0.763. The number of aliphatic hydroxyl groups excluding tert-OH is 9. The molecule has 0 bridgehead atoms. The van der Waals surface area contributed by atoms with E-state index in [0.29, 0.717) is 12.8 Å². The average molecular weight is 791 g/mol. The summed E-state index contributed by atoms with van der Waals surface area (Å²) >= 11 is 0. The zero-order valence-corrected chi connectivity index (χ0v) is 32.4. The molecule has 3 aliphatic heterocycles. The Balaban J connectivity index is 1.65. The molecule has 9 N–H and O–H groups in total. The molecule has 3 fully saturated rings. The third kappa shape index (κ3) is 11.9. The van der Waals surface area contributed by atoms with Crippen molar-refractivity contribution >= 4 is 5.97 Å². The van der Waals surface area contributed by atoms with Crippen molar-refractivity contribution in [3.05, 3.63) is 48.6 Å². The van der Waals surface area contributed by atoms with E-state index in [1.807, 2.05) is 19.9 Å². The van der Waals surface area contributed by atoms with Gasteiger partial charge in [0.05, 0.1) is 30.5 Å². The molecule has 17 atom stereocenters. The molecule has 3 aliphatic rings. The van der Waals surface area contributed by atoms with E-state index in [4.69, 9.17) is 33.2 Å². The molecule has 0 aromatic rings. The van der Waals surface area contributed by atoms with Crippen molar-refractivity contribution in [1.82, 2.24) is 0 Å². The van der Waals surface area contributed by atoms with Crippen molar-refractivity contribution in [2.24, 2.45) is 0 Å². The highest BCUT2D eigenvalue weighted by molar-refractivity contribution is 5.87. The second-order valence-corrected chi connectivity index (χ2v) is 15.1. The maximum Gasteiger partial charge on any atom is 0.333 e. The van der Waals surface area contributed by atoms with E-state index in [-0.39, 0.29) is 18.4 Å². The van der Waals surface area contributed by atoms with Crippen LogP contribution >= 0.6 is 0 Å². The van der Waals surface area contributed by atoms with Crippen LogP contribution in [0.25, 0.3) is 0 Å². The fourth-order valence-corrected chi connectivity index (χ4v) is 6.37. The first kappa shape index (κ1) is 47.2. The molecule has 17 nitrogen and oxygen atoms in total. The highest BCUT2D eigenvalue weighted by Crippen LogP contribution is 2.34. The number of esters is 1. The summed E-state index contributed by atoms with van der Waals surface area (Å²) in [6, 6.07) is 0. The van der Waals surface area contributed by atoms with Crippen molar-refractivity contribution in [2.45, 2.75) is 171 Å². The fourth-order valence-electron chi connectivity index (χ4n) is 6.37. The number of carbonyl (C=O) groups is 1. The highest BCUT2D eigenvalue weighted by Gasteiger charge is 2.52. The zero-order valence-electron chi connectivity index (χ0n) is 32.4. The summed E-state index contributed by atoms with van der Waals surface area (Å²) in [5, 5.41) is 93.7. The second kappa shape index (κ2) is 20.5. The molecule has 0 amide bonds. The van der Waals surface area contributed by atoms with Crippen LogP contribution in [0.15, 0.2) is 48.6 Å². The summed E-state index contributed by atoms with van der Waals surface area (Å²) in [5.41, 5.74) is -0.927. The van der Waals surface area contributed by atoms with Crippen LogP contribution in [0, 0.1) is 0 Å². The van der Waals surface area contributed by atoms with Crippen molar-refractivity contribution in [3.8, 4) is 0 Å². The molecule has 0 saturated carbocycles. The van der Waals surface area contributed by atoms with Crippen LogP contribution in [0.4, 0.5) is 0 Å². The molecule has 55 heavy (non-hydrogen) atoms. The normalized spacial score (nSPS) is 39.3. The standard InChI is InChI=1S/C38H62O17/c1-9-37(7,54-35-29(46)26(43)24(41)22(17-39)50-35)16-12-14-20(5)33(48)52-31-21(6)49-34(30(47)28(31)45)53-32-27(44)25(42)23(18-40)51-36(32)55-38(8,10-2)15-11-13-19(3)4/h9-10,13-14,21-32,34-36,39-47H,1-2,11-12,15-18H2,3-8H3. The summed E-state index contributed by atoms with van der Waals surface area (Å²) in [6.45, 7) is 16.6. The van der Waals surface area contributed by atoms with Crippen molar-refractivity contribution in [2.75, 3.05) is 13.2 Å². The lowest BCUT2D eigenvalue weighted by Gasteiger charge is -2.47. The van der Waals surface area contributed by atoms with E-state index in [1.165, 1.54) is 26.0 Å². The van der Waals surface area contributed by atoms with Gasteiger partial charge in [0.15, 0.2) is 25.0 Å². The van der Waals surface area contributed by atoms with Crippen LogP contribution in [0.2, 0.25) is 0 Å². The Kier molecular flexibility index (Phi) is 17.6. The molecule has 17 unspecified atom stereocenters. The lowest BCUT2D eigenvalue weighted by Crippen LogP contribution is -2.65. The quantitative estimate of drug-likeness (QED) is 0.0476. The minimum Gasteiger partial charge on any atom is -0.453 e. The molecule has 0 aromatic carbocycles. The Hall–Kier alpha value is -2.17. The van der Waals surface area contributed by atoms with Crippen LogP contribution in [0.3, 0.4) is 0 Å². The molecule has 0 aromatic heterocycles. The van der Waals surface area contributed by atoms with E-state index in [2.05, 4.69) is 13.2 Å². The second-order valence-electron chi connectivity index (χ2n) is 15.1. The minimum atomic E-state index is -1.81. The van der Waals surface area contributed by atoms with Crippen molar-refractivity contribution in [3.63, 3.8) is 0 Å². The van der Waals surface area contributed by atoms with E-state index < -0.39 is 123 Å². The number of allylic oxidation sites excluding steroid dienone is 3. The molecule has 316 valence electrons. The van der Waals surface area contributed by atoms with Crippen molar-refractivity contribution < 1.29 is 83.9 Å². The number of hydrogen-bond donors (Lipinski definition) is 9. The van der Waals surface area contributed by atoms with Gasteiger partial charge in [0.1, 0.15) is 61.0 Å². The maximum atomic E-state index is 13.1. The summed E-state index contributed by atoms with van der Waals surface area (Å²) in [5.74, 6) is -0.833. The Morgan fingerprint density at radius 1 is 0.655 bits per heavy atom. The molecule has 3 heterocycles. The minimum absolute atomic E-state index is 0.135. The smallest absolute Gasteiger partial charge is 0.333 e. The Morgan fingerprint density at radius 2 is 1.13 bits per heavy atom. The zero-order chi connectivity index (χ0) is 41.4. The molecular formula is C38H62O17. The van der Waals surface area contributed by atoms with Gasteiger partial charge in [-0.3, -0.25) is 0 Å². The van der Waals surface area contributed by atoms with Gasteiger partial charge in [0.2, 0.25) is 0 Å². The lowest BCUT2D eigenvalue weighted by atomic mass is 9.96. The third-order valence-corrected chi connectivity index (χ3v) is 10.2. The van der Waals surface area contributed by atoms with Gasteiger partial charge in [-0.15, -0.1) is 13.2 Å². The Labute approximate surface area is 322 Å². The van der Waals surface area contributed by atoms with E-state index in [0.717, 1.165) is 5.57 Å². The van der Waals surface area contributed by atoms with Gasteiger partial charge in [-0.05, 0) is 67.2 Å². The Bertz CT molecular complexity index is 1320. The van der Waals surface area contributed by atoms with Crippen LogP contribution in [0.1, 0.15) is 67.2 Å². The number of carbonyl (C=O) groups excluding carboxylic acids is 1. The number of rotatable bonds is 18. The van der Waals surface area contributed by atoms with E-state index >= 15 is 0 Å². The predicted molar refractivity (Wildman–Crippen MR) is 194 cm³/mol. The Morgan fingerprint density at radius 3 is 1.65 bits per heavy atom. The molecule has 17 heteroatoms. The SMILES string of the molecule is C=CC(C)(CCC=C(C)C(=O)OC1C(C)OC(OC2C(OC(C)(C=C)CCC=C(C)C)OC(CO)C(O)C2O)C(O)C1O)OC1OC(CO)C(O)C(O)C1O. The predicted octanol–water partition coefficient (Wildman–Crippen LogP) is -0.616. The number of hydrogen-bond acceptors (Lipinski definition) is 17. The first-order valence-corrected chi connectivity index (χ1v) is 18.5. The van der Waals surface area contributed by atoms with Crippen LogP contribution in [-0.4, -0.2) is 168 Å². The lowest BCUT2D eigenvalue weighted by molar-refractivity contribution is -0.373. The van der Waals surface area contributed by atoms with Gasteiger partial charge in [-0.2, -0.15) is 0 Å². The maximum absolute atomic E-state index is 13.1. The molecule has 0 spiro atoms. The van der Waals surface area contributed by atoms with Crippen molar-refractivity contribution in [1.29, 1.82) is 0 Å². The van der Waals surface area contributed by atoms with Gasteiger partial charge >= 0.3 is 5.97 Å². The monoisotopic (exact) mass is 790 g/mol. The van der Waals surface area contributed by atoms with Crippen LogP contribution < -0.4 is 0 Å². The largest absolute Gasteiger partial charge is 0.453 e. The van der Waals surface area contributed by atoms with Crippen LogP contribution in [0.5, 0.6) is 0 Å². The van der Waals surface area contributed by atoms with Gasteiger partial charge in [-0.1, -0.05) is 29.9 Å². The number of aliphatic hydroxyl groups is 9. The first-order chi connectivity index (χ1) is 25.7. The molecule has 0 aliphatic carbocycles. The summed E-state index contributed by atoms with van der Waals surface area (Å²) < 4.78 is 40.6. The van der Waals surface area contributed by atoms with Crippen LogP contribution in [-0.2, 0) is 38.0 Å². The van der Waals surface area contributed by atoms with E-state index in [1.54, 1.807) is 19.9 Å². The third-order valence-electron chi connectivity index (χ3n) is 10.2. The topological polar surface area (TPSA) is 264 Å². The van der Waals surface area contributed by atoms with E-state index in [9.17, 15) is 50.8 Å². The van der Waals surface area contributed by atoms with Gasteiger partial charge in [0.25, 0.3) is 0 Å². The molecular weight excluding hydrogens is 728 g/mol. The van der Waals surface area contributed by atoms with Gasteiger partial charge < -0.3 is 79.1 Å². The summed E-state index contributed by atoms with van der Waals surface area (Å²) in [6.07, 6.45) is -14.2. The summed E-state index contributed by atoms with van der Waals surface area (Å²) in [4.78, 5) is 13.1. The van der Waals surface area contributed by atoms with Gasteiger partial charge in [0, 0.05) is 5.57 Å².